The van der Waals surface area contributed by atoms with Crippen LogP contribution in [0.1, 0.15) is 46.5 Å². The van der Waals surface area contributed by atoms with Crippen molar-refractivity contribution in [2.24, 2.45) is 5.92 Å². The van der Waals surface area contributed by atoms with Crippen LogP contribution in [0, 0.1) is 5.92 Å². The molecular formula is C13H26N2O. The number of nitrogens with zero attached hydrogens (tertiary/aromatic N) is 1. The van der Waals surface area contributed by atoms with Crippen LogP contribution in [0.25, 0.3) is 0 Å². The Labute approximate surface area is 99.6 Å². The summed E-state index contributed by atoms with van der Waals surface area (Å²) in [5, 5.41) is 3.34. The van der Waals surface area contributed by atoms with Crippen LogP contribution >= 0.6 is 0 Å². The predicted octanol–water partition coefficient (Wildman–Crippen LogP) is 2.02. The summed E-state index contributed by atoms with van der Waals surface area (Å²) in [6, 6.07) is -0.0212. The molecule has 0 aromatic rings. The van der Waals surface area contributed by atoms with Crippen LogP contribution in [0.4, 0.5) is 0 Å². The van der Waals surface area contributed by atoms with E-state index < -0.39 is 0 Å². The van der Waals surface area contributed by atoms with Crippen molar-refractivity contribution < 1.29 is 4.79 Å². The third-order valence-electron chi connectivity index (χ3n) is 3.51. The van der Waals surface area contributed by atoms with Gasteiger partial charge >= 0.3 is 0 Å². The van der Waals surface area contributed by atoms with Gasteiger partial charge in [-0.1, -0.05) is 20.3 Å². The number of carbonyl (C=O) groups excluding carboxylic acids is 1. The Hall–Kier alpha value is -0.570. The first-order chi connectivity index (χ1) is 7.65. The third kappa shape index (κ3) is 4.12. The predicted molar refractivity (Wildman–Crippen MR) is 67.4 cm³/mol. The minimum absolute atomic E-state index is 0.0212. The fraction of sp³-hybridized carbons (Fsp3) is 0.923. The Morgan fingerprint density at radius 1 is 1.25 bits per heavy atom. The molecule has 0 aliphatic carbocycles. The lowest BCUT2D eigenvalue weighted by atomic mass is 10.1. The molecule has 1 amide bonds. The highest BCUT2D eigenvalue weighted by Crippen LogP contribution is 2.10. The zero-order valence-electron chi connectivity index (χ0n) is 11.0. The summed E-state index contributed by atoms with van der Waals surface area (Å²) in [5.74, 6) is 0.930. The average Bonchev–Trinajstić information content (AvgIpc) is 2.35. The summed E-state index contributed by atoms with van der Waals surface area (Å²) in [5.41, 5.74) is 0. The number of likely N-dealkylation sites (tertiary alicyclic amines) is 1. The largest absolute Gasteiger partial charge is 0.341 e. The second-order valence-electron chi connectivity index (χ2n) is 5.03. The molecule has 1 unspecified atom stereocenters. The van der Waals surface area contributed by atoms with Gasteiger partial charge in [0.2, 0.25) is 5.91 Å². The van der Waals surface area contributed by atoms with Crippen molar-refractivity contribution in [1.29, 1.82) is 0 Å². The SMILES string of the molecule is CCC(C)CN[C@@H](C)C(=O)N1CCCCC1. The van der Waals surface area contributed by atoms with E-state index >= 15 is 0 Å². The van der Waals surface area contributed by atoms with Crippen LogP contribution in [0.5, 0.6) is 0 Å². The molecule has 16 heavy (non-hydrogen) atoms. The number of rotatable bonds is 5. The van der Waals surface area contributed by atoms with Gasteiger partial charge < -0.3 is 10.2 Å². The summed E-state index contributed by atoms with van der Waals surface area (Å²) < 4.78 is 0. The van der Waals surface area contributed by atoms with E-state index in [0.717, 1.165) is 26.1 Å². The van der Waals surface area contributed by atoms with Crippen LogP contribution in [0.15, 0.2) is 0 Å². The van der Waals surface area contributed by atoms with Crippen molar-refractivity contribution in [2.75, 3.05) is 19.6 Å². The van der Waals surface area contributed by atoms with Crippen molar-refractivity contribution in [2.45, 2.75) is 52.5 Å². The van der Waals surface area contributed by atoms with Gasteiger partial charge in [-0.05, 0) is 38.6 Å². The number of hydrogen-bond donors (Lipinski definition) is 1. The molecule has 0 radical (unpaired) electrons. The van der Waals surface area contributed by atoms with Crippen LogP contribution in [0.3, 0.4) is 0 Å². The maximum absolute atomic E-state index is 12.1. The lowest BCUT2D eigenvalue weighted by Crippen LogP contribution is -2.47. The maximum Gasteiger partial charge on any atom is 0.239 e. The van der Waals surface area contributed by atoms with Gasteiger partial charge in [0.1, 0.15) is 0 Å². The molecule has 1 fully saturated rings. The van der Waals surface area contributed by atoms with Gasteiger partial charge in [0.25, 0.3) is 0 Å². The fourth-order valence-electron chi connectivity index (χ4n) is 2.00. The molecule has 0 bridgehead atoms. The molecule has 1 heterocycles. The van der Waals surface area contributed by atoms with Crippen LogP contribution in [0.2, 0.25) is 0 Å². The van der Waals surface area contributed by atoms with Gasteiger partial charge in [0.15, 0.2) is 0 Å². The Morgan fingerprint density at radius 2 is 1.88 bits per heavy atom. The number of nitrogens with one attached hydrogen (secondary N) is 1. The van der Waals surface area contributed by atoms with E-state index in [4.69, 9.17) is 0 Å². The minimum atomic E-state index is -0.0212. The molecular weight excluding hydrogens is 200 g/mol. The number of piperidine rings is 1. The minimum Gasteiger partial charge on any atom is -0.341 e. The lowest BCUT2D eigenvalue weighted by molar-refractivity contribution is -0.133. The standard InChI is InChI=1S/C13H26N2O/c1-4-11(2)10-14-12(3)13(16)15-8-6-5-7-9-15/h11-12,14H,4-10H2,1-3H3/t11?,12-/m0/s1. The van der Waals surface area contributed by atoms with Crippen LogP contribution in [-0.2, 0) is 4.79 Å². The van der Waals surface area contributed by atoms with Crippen LogP contribution in [-0.4, -0.2) is 36.5 Å². The van der Waals surface area contributed by atoms with E-state index in [0.29, 0.717) is 5.92 Å². The zero-order valence-corrected chi connectivity index (χ0v) is 11.0. The Bertz CT molecular complexity index is 212. The first kappa shape index (κ1) is 13.5. The van der Waals surface area contributed by atoms with Gasteiger partial charge in [0.05, 0.1) is 6.04 Å². The normalized spacial score (nSPS) is 20.6. The molecule has 1 aliphatic heterocycles. The van der Waals surface area contributed by atoms with E-state index in [9.17, 15) is 4.79 Å². The molecule has 3 heteroatoms. The number of hydrogen-bond acceptors (Lipinski definition) is 2. The summed E-state index contributed by atoms with van der Waals surface area (Å²) in [7, 11) is 0. The molecule has 0 aromatic carbocycles. The smallest absolute Gasteiger partial charge is 0.239 e. The van der Waals surface area contributed by atoms with E-state index in [1.807, 2.05) is 11.8 Å². The van der Waals surface area contributed by atoms with E-state index in [-0.39, 0.29) is 11.9 Å². The molecule has 1 rings (SSSR count). The second-order valence-corrected chi connectivity index (χ2v) is 5.03. The summed E-state index contributed by atoms with van der Waals surface area (Å²) in [6.45, 7) is 9.23. The lowest BCUT2D eigenvalue weighted by Gasteiger charge is -2.29. The molecule has 0 aromatic heterocycles. The van der Waals surface area contributed by atoms with E-state index in [1.165, 1.54) is 19.3 Å². The summed E-state index contributed by atoms with van der Waals surface area (Å²) in [6.07, 6.45) is 4.78. The average molecular weight is 226 g/mol. The van der Waals surface area contributed by atoms with Crippen LogP contribution < -0.4 is 5.32 Å². The van der Waals surface area contributed by atoms with Gasteiger partial charge in [-0.25, -0.2) is 0 Å². The Balaban J connectivity index is 2.29. The van der Waals surface area contributed by atoms with E-state index in [2.05, 4.69) is 19.2 Å². The highest BCUT2D eigenvalue weighted by molar-refractivity contribution is 5.81. The van der Waals surface area contributed by atoms with Crippen molar-refractivity contribution in [3.63, 3.8) is 0 Å². The van der Waals surface area contributed by atoms with E-state index in [1.54, 1.807) is 0 Å². The first-order valence-corrected chi connectivity index (χ1v) is 6.67. The fourth-order valence-corrected chi connectivity index (χ4v) is 2.00. The molecule has 3 nitrogen and oxygen atoms in total. The molecule has 1 N–H and O–H groups in total. The summed E-state index contributed by atoms with van der Waals surface area (Å²) >= 11 is 0. The molecule has 1 aliphatic rings. The molecule has 0 spiro atoms. The van der Waals surface area contributed by atoms with Crippen molar-refractivity contribution in [3.8, 4) is 0 Å². The topological polar surface area (TPSA) is 32.3 Å². The Morgan fingerprint density at radius 3 is 2.44 bits per heavy atom. The van der Waals surface area contributed by atoms with Crippen molar-refractivity contribution >= 4 is 5.91 Å². The molecule has 0 saturated carbocycles. The first-order valence-electron chi connectivity index (χ1n) is 6.67. The highest BCUT2D eigenvalue weighted by atomic mass is 16.2. The number of carbonyl (C=O) groups is 1. The second kappa shape index (κ2) is 6.89. The van der Waals surface area contributed by atoms with Gasteiger partial charge in [-0.2, -0.15) is 0 Å². The monoisotopic (exact) mass is 226 g/mol. The third-order valence-corrected chi connectivity index (χ3v) is 3.51. The van der Waals surface area contributed by atoms with Gasteiger partial charge in [-0.3, -0.25) is 4.79 Å². The molecule has 94 valence electrons. The molecule has 2 atom stereocenters. The highest BCUT2D eigenvalue weighted by Gasteiger charge is 2.21. The molecule has 1 saturated heterocycles. The van der Waals surface area contributed by atoms with Crippen molar-refractivity contribution in [3.05, 3.63) is 0 Å². The maximum atomic E-state index is 12.1. The number of amides is 1. The quantitative estimate of drug-likeness (QED) is 0.778. The zero-order chi connectivity index (χ0) is 12.0. The van der Waals surface area contributed by atoms with Gasteiger partial charge in [-0.15, -0.1) is 0 Å². The van der Waals surface area contributed by atoms with Gasteiger partial charge in [0, 0.05) is 13.1 Å². The Kier molecular flexibility index (Phi) is 5.81. The summed E-state index contributed by atoms with van der Waals surface area (Å²) in [4.78, 5) is 14.1. The van der Waals surface area contributed by atoms with Crippen molar-refractivity contribution in [1.82, 2.24) is 10.2 Å².